The fourth-order valence-electron chi connectivity index (χ4n) is 1.08. The molecule has 0 bridgehead atoms. The van der Waals surface area contributed by atoms with Crippen LogP contribution in [0.5, 0.6) is 0 Å². The van der Waals surface area contributed by atoms with E-state index in [-0.39, 0.29) is 6.61 Å². The van der Waals surface area contributed by atoms with Gasteiger partial charge < -0.3 is 15.4 Å². The van der Waals surface area contributed by atoms with Crippen LogP contribution in [0.15, 0.2) is 5.16 Å². The lowest BCUT2D eigenvalue weighted by molar-refractivity contribution is 0.296. The number of aliphatic hydroxyl groups is 1. The Hall–Kier alpha value is -0.590. The highest BCUT2D eigenvalue weighted by Crippen LogP contribution is 2.16. The number of hydrogen-bond donors (Lipinski definition) is 2. The third-order valence-corrected chi connectivity index (χ3v) is 2.84. The summed E-state index contributed by atoms with van der Waals surface area (Å²) in [6.07, 6.45) is 0.777. The quantitative estimate of drug-likeness (QED) is 0.518. The van der Waals surface area contributed by atoms with E-state index >= 15 is 0 Å². The van der Waals surface area contributed by atoms with Gasteiger partial charge in [0, 0.05) is 25.4 Å². The van der Waals surface area contributed by atoms with Crippen molar-refractivity contribution in [2.75, 3.05) is 18.9 Å². The average Bonchev–Trinajstić information content (AvgIpc) is 2.51. The van der Waals surface area contributed by atoms with Crippen LogP contribution >= 0.6 is 11.8 Å². The van der Waals surface area contributed by atoms with Gasteiger partial charge in [-0.3, -0.25) is 0 Å². The largest absolute Gasteiger partial charge is 0.396 e. The summed E-state index contributed by atoms with van der Waals surface area (Å²) in [6.45, 7) is 3.47. The second-order valence-corrected chi connectivity index (χ2v) is 3.96. The number of thioether (sulfide) groups is 1. The minimum Gasteiger partial charge on any atom is -0.396 e. The molecular formula is C8H16N4OS. The number of nitrogens with zero attached hydrogens (tertiary/aromatic N) is 3. The minimum absolute atomic E-state index is 0.219. The normalized spacial score (nSPS) is 10.8. The van der Waals surface area contributed by atoms with Crippen molar-refractivity contribution >= 4 is 11.8 Å². The van der Waals surface area contributed by atoms with E-state index in [4.69, 9.17) is 10.8 Å². The van der Waals surface area contributed by atoms with Crippen LogP contribution in [0.3, 0.4) is 0 Å². The number of aryl methyl sites for hydroxylation is 1. The van der Waals surface area contributed by atoms with Gasteiger partial charge in [-0.1, -0.05) is 11.8 Å². The van der Waals surface area contributed by atoms with E-state index in [2.05, 4.69) is 10.2 Å². The second kappa shape index (κ2) is 6.00. The van der Waals surface area contributed by atoms with Crippen molar-refractivity contribution in [3.8, 4) is 0 Å². The zero-order chi connectivity index (χ0) is 10.4. The zero-order valence-electron chi connectivity index (χ0n) is 8.31. The van der Waals surface area contributed by atoms with Crippen molar-refractivity contribution < 1.29 is 5.11 Å². The molecule has 14 heavy (non-hydrogen) atoms. The zero-order valence-corrected chi connectivity index (χ0v) is 9.13. The van der Waals surface area contributed by atoms with Crippen LogP contribution < -0.4 is 5.73 Å². The van der Waals surface area contributed by atoms with Gasteiger partial charge in [0.25, 0.3) is 0 Å². The van der Waals surface area contributed by atoms with Gasteiger partial charge >= 0.3 is 0 Å². The first kappa shape index (κ1) is 11.5. The first-order chi connectivity index (χ1) is 6.79. The van der Waals surface area contributed by atoms with E-state index in [1.165, 1.54) is 0 Å². The Kier molecular flexibility index (Phi) is 4.92. The van der Waals surface area contributed by atoms with Gasteiger partial charge in [-0.2, -0.15) is 0 Å². The number of aliphatic hydroxyl groups excluding tert-OH is 1. The molecule has 1 aromatic heterocycles. The van der Waals surface area contributed by atoms with Crippen LogP contribution in [0.2, 0.25) is 0 Å². The lowest BCUT2D eigenvalue weighted by Crippen LogP contribution is -2.12. The van der Waals surface area contributed by atoms with Crippen LogP contribution in [-0.2, 0) is 6.54 Å². The van der Waals surface area contributed by atoms with Gasteiger partial charge in [0.05, 0.1) is 0 Å². The topological polar surface area (TPSA) is 77.0 Å². The fraction of sp³-hybridized carbons (Fsp3) is 0.750. The molecule has 0 unspecified atom stereocenters. The van der Waals surface area contributed by atoms with Crippen LogP contribution in [0, 0.1) is 6.92 Å². The third-order valence-electron chi connectivity index (χ3n) is 1.79. The standard InChI is InChI=1S/C8H16N4OS/c1-7-10-11-8(12(7)4-3-9)14-6-2-5-13/h13H,2-6,9H2,1H3. The first-order valence-corrected chi connectivity index (χ1v) is 5.61. The van der Waals surface area contributed by atoms with Gasteiger partial charge in [0.2, 0.25) is 0 Å². The number of hydrogen-bond acceptors (Lipinski definition) is 5. The van der Waals surface area contributed by atoms with Gasteiger partial charge in [-0.05, 0) is 13.3 Å². The molecular weight excluding hydrogens is 200 g/mol. The molecule has 3 N–H and O–H groups in total. The summed E-state index contributed by atoms with van der Waals surface area (Å²) in [5.74, 6) is 1.75. The molecule has 0 saturated heterocycles. The molecule has 0 fully saturated rings. The molecule has 80 valence electrons. The monoisotopic (exact) mass is 216 g/mol. The molecule has 6 heteroatoms. The number of rotatable bonds is 6. The number of nitrogens with two attached hydrogens (primary N) is 1. The Bertz CT molecular complexity index is 276. The first-order valence-electron chi connectivity index (χ1n) is 4.63. The van der Waals surface area contributed by atoms with Crippen LogP contribution in [0.1, 0.15) is 12.2 Å². The Morgan fingerprint density at radius 1 is 1.50 bits per heavy atom. The van der Waals surface area contributed by atoms with Gasteiger partial charge in [-0.15, -0.1) is 10.2 Å². The summed E-state index contributed by atoms with van der Waals surface area (Å²) < 4.78 is 2.00. The average molecular weight is 216 g/mol. The molecule has 1 rings (SSSR count). The molecule has 0 amide bonds. The summed E-state index contributed by atoms with van der Waals surface area (Å²) in [4.78, 5) is 0. The van der Waals surface area contributed by atoms with Crippen molar-refractivity contribution in [3.05, 3.63) is 5.82 Å². The Labute approximate surface area is 87.7 Å². The Morgan fingerprint density at radius 3 is 2.93 bits per heavy atom. The molecule has 1 aromatic rings. The van der Waals surface area contributed by atoms with Crippen molar-refractivity contribution in [2.45, 2.75) is 25.0 Å². The van der Waals surface area contributed by atoms with Crippen molar-refractivity contribution in [3.63, 3.8) is 0 Å². The van der Waals surface area contributed by atoms with E-state index < -0.39 is 0 Å². The summed E-state index contributed by atoms with van der Waals surface area (Å²) in [5.41, 5.74) is 5.49. The fourth-order valence-corrected chi connectivity index (χ4v) is 2.02. The van der Waals surface area contributed by atoms with Crippen molar-refractivity contribution in [2.24, 2.45) is 5.73 Å². The van der Waals surface area contributed by atoms with Crippen molar-refractivity contribution in [1.82, 2.24) is 14.8 Å². The lowest BCUT2D eigenvalue weighted by atomic mass is 10.5. The molecule has 0 radical (unpaired) electrons. The van der Waals surface area contributed by atoms with Crippen molar-refractivity contribution in [1.29, 1.82) is 0 Å². The minimum atomic E-state index is 0.219. The third kappa shape index (κ3) is 2.97. The highest BCUT2D eigenvalue weighted by molar-refractivity contribution is 7.99. The summed E-state index contributed by atoms with van der Waals surface area (Å²) in [5, 5.41) is 17.6. The number of aromatic nitrogens is 3. The van der Waals surface area contributed by atoms with Crippen LogP contribution in [0.25, 0.3) is 0 Å². The second-order valence-electron chi connectivity index (χ2n) is 2.90. The van der Waals surface area contributed by atoms with E-state index in [0.717, 1.165) is 29.7 Å². The lowest BCUT2D eigenvalue weighted by Gasteiger charge is -2.05. The van der Waals surface area contributed by atoms with Crippen LogP contribution in [-0.4, -0.2) is 38.8 Å². The predicted molar refractivity (Wildman–Crippen MR) is 56.2 cm³/mol. The molecule has 5 nitrogen and oxygen atoms in total. The van der Waals surface area contributed by atoms with Gasteiger partial charge in [-0.25, -0.2) is 0 Å². The Balaban J connectivity index is 2.56. The smallest absolute Gasteiger partial charge is 0.191 e. The molecule has 0 aromatic carbocycles. The Morgan fingerprint density at radius 2 is 2.29 bits per heavy atom. The molecule has 0 aliphatic carbocycles. The maximum Gasteiger partial charge on any atom is 0.191 e. The molecule has 0 aliphatic rings. The van der Waals surface area contributed by atoms with Gasteiger partial charge in [0.1, 0.15) is 5.82 Å². The van der Waals surface area contributed by atoms with E-state index in [1.54, 1.807) is 11.8 Å². The summed E-state index contributed by atoms with van der Waals surface area (Å²) in [6, 6.07) is 0. The highest BCUT2D eigenvalue weighted by atomic mass is 32.2. The molecule has 0 spiro atoms. The summed E-state index contributed by atoms with van der Waals surface area (Å²) >= 11 is 1.61. The maximum atomic E-state index is 8.65. The molecule has 0 aliphatic heterocycles. The highest BCUT2D eigenvalue weighted by Gasteiger charge is 2.07. The molecule has 0 atom stereocenters. The SMILES string of the molecule is Cc1nnc(SCCCO)n1CCN. The van der Waals surface area contributed by atoms with E-state index in [0.29, 0.717) is 6.54 Å². The van der Waals surface area contributed by atoms with E-state index in [9.17, 15) is 0 Å². The van der Waals surface area contributed by atoms with E-state index in [1.807, 2.05) is 11.5 Å². The van der Waals surface area contributed by atoms with Gasteiger partial charge in [0.15, 0.2) is 5.16 Å². The molecule has 0 saturated carbocycles. The summed E-state index contributed by atoms with van der Waals surface area (Å²) in [7, 11) is 0. The molecule has 1 heterocycles. The predicted octanol–water partition coefficient (Wildman–Crippen LogP) is 0.0197. The van der Waals surface area contributed by atoms with Crippen LogP contribution in [0.4, 0.5) is 0 Å². The maximum absolute atomic E-state index is 8.65.